The predicted octanol–water partition coefficient (Wildman–Crippen LogP) is 4.80. The summed E-state index contributed by atoms with van der Waals surface area (Å²) in [7, 11) is 0. The van der Waals surface area contributed by atoms with Gasteiger partial charge in [0.05, 0.1) is 5.52 Å². The van der Waals surface area contributed by atoms with Crippen molar-refractivity contribution in [1.29, 1.82) is 0 Å². The molecule has 0 fully saturated rings. The molecule has 23 heavy (non-hydrogen) atoms. The Bertz CT molecular complexity index is 837. The van der Waals surface area contributed by atoms with E-state index in [-0.39, 0.29) is 5.91 Å². The number of hydrogen-bond donors (Lipinski definition) is 1. The van der Waals surface area contributed by atoms with Crippen molar-refractivity contribution >= 4 is 34.3 Å². The van der Waals surface area contributed by atoms with E-state index < -0.39 is 5.76 Å². The second-order valence-corrected chi connectivity index (χ2v) is 5.81. The average molecular weight is 330 g/mol. The summed E-state index contributed by atoms with van der Waals surface area (Å²) in [6.07, 6.45) is 0. The maximum Gasteiger partial charge on any atom is 0.288 e. The van der Waals surface area contributed by atoms with Gasteiger partial charge < -0.3 is 5.32 Å². The van der Waals surface area contributed by atoms with Crippen molar-refractivity contribution in [2.45, 2.75) is 10.7 Å². The predicted molar refractivity (Wildman–Crippen MR) is 88.0 cm³/mol. The van der Waals surface area contributed by atoms with Gasteiger partial charge in [0.15, 0.2) is 0 Å². The van der Waals surface area contributed by atoms with Crippen LogP contribution < -0.4 is 5.32 Å². The SMILES string of the molecule is O=C(Nc1ccc(SC(F)F)cc1)c1ccc2ccccc2n1. The highest BCUT2D eigenvalue weighted by atomic mass is 32.2. The first-order valence-electron chi connectivity index (χ1n) is 6.84. The quantitative estimate of drug-likeness (QED) is 0.699. The minimum Gasteiger partial charge on any atom is -0.321 e. The number of halogens is 2. The number of pyridine rings is 1. The molecule has 0 aliphatic heterocycles. The van der Waals surface area contributed by atoms with Crippen LogP contribution >= 0.6 is 11.8 Å². The fourth-order valence-corrected chi connectivity index (χ4v) is 2.61. The summed E-state index contributed by atoms with van der Waals surface area (Å²) in [6.45, 7) is 0. The fourth-order valence-electron chi connectivity index (χ4n) is 2.11. The van der Waals surface area contributed by atoms with Gasteiger partial charge in [-0.25, -0.2) is 4.98 Å². The van der Waals surface area contributed by atoms with E-state index in [1.807, 2.05) is 30.3 Å². The minimum atomic E-state index is -2.46. The average Bonchev–Trinajstić information content (AvgIpc) is 2.55. The number of thioether (sulfide) groups is 1. The lowest BCUT2D eigenvalue weighted by molar-refractivity contribution is 0.102. The number of alkyl halides is 2. The Kier molecular flexibility index (Phi) is 4.52. The van der Waals surface area contributed by atoms with Gasteiger partial charge in [-0.1, -0.05) is 36.0 Å². The third-order valence-corrected chi connectivity index (χ3v) is 3.89. The lowest BCUT2D eigenvalue weighted by atomic mass is 10.2. The zero-order valence-electron chi connectivity index (χ0n) is 11.9. The van der Waals surface area contributed by atoms with Crippen molar-refractivity contribution in [3.63, 3.8) is 0 Å². The second-order valence-electron chi connectivity index (χ2n) is 4.75. The molecule has 0 spiro atoms. The molecular formula is C17H12F2N2OS. The maximum atomic E-state index is 12.3. The number of amides is 1. The van der Waals surface area contributed by atoms with E-state index in [0.29, 0.717) is 28.0 Å². The first-order valence-corrected chi connectivity index (χ1v) is 7.72. The molecule has 0 saturated carbocycles. The van der Waals surface area contributed by atoms with E-state index >= 15 is 0 Å². The van der Waals surface area contributed by atoms with Crippen LogP contribution in [-0.2, 0) is 0 Å². The molecule has 3 aromatic rings. The molecule has 0 bridgehead atoms. The third-order valence-electron chi connectivity index (χ3n) is 3.17. The molecule has 2 aromatic carbocycles. The third kappa shape index (κ3) is 3.84. The Morgan fingerprint density at radius 1 is 1.00 bits per heavy atom. The van der Waals surface area contributed by atoms with Crippen molar-refractivity contribution in [3.8, 4) is 0 Å². The van der Waals surface area contributed by atoms with Crippen molar-refractivity contribution in [2.75, 3.05) is 5.32 Å². The molecule has 0 unspecified atom stereocenters. The van der Waals surface area contributed by atoms with Gasteiger partial charge in [0.1, 0.15) is 5.69 Å². The lowest BCUT2D eigenvalue weighted by Crippen LogP contribution is -2.13. The number of aromatic nitrogens is 1. The molecule has 0 saturated heterocycles. The summed E-state index contributed by atoms with van der Waals surface area (Å²) in [5.74, 6) is -2.80. The second kappa shape index (κ2) is 6.75. The molecule has 1 heterocycles. The molecule has 0 aliphatic carbocycles. The number of carbonyl (C=O) groups excluding carboxylic acids is 1. The van der Waals surface area contributed by atoms with Gasteiger partial charge >= 0.3 is 0 Å². The molecule has 3 rings (SSSR count). The zero-order chi connectivity index (χ0) is 16.2. The van der Waals surface area contributed by atoms with E-state index in [9.17, 15) is 13.6 Å². The molecular weight excluding hydrogens is 318 g/mol. The number of benzene rings is 2. The standard InChI is InChI=1S/C17H12F2N2OS/c18-17(19)23-13-8-6-12(7-9-13)20-16(22)15-10-5-11-3-1-2-4-14(11)21-15/h1-10,17H,(H,20,22). The molecule has 0 radical (unpaired) electrons. The molecule has 1 amide bonds. The molecule has 116 valence electrons. The Labute approximate surface area is 135 Å². The molecule has 3 nitrogen and oxygen atoms in total. The normalized spacial score (nSPS) is 10.9. The monoisotopic (exact) mass is 330 g/mol. The van der Waals surface area contributed by atoms with E-state index in [0.717, 1.165) is 10.9 Å². The number of para-hydroxylation sites is 1. The van der Waals surface area contributed by atoms with Gasteiger partial charge in [0.2, 0.25) is 0 Å². The van der Waals surface area contributed by atoms with Crippen molar-refractivity contribution < 1.29 is 13.6 Å². The van der Waals surface area contributed by atoms with Crippen LogP contribution in [0.4, 0.5) is 14.5 Å². The number of rotatable bonds is 4. The number of hydrogen-bond acceptors (Lipinski definition) is 3. The number of fused-ring (bicyclic) bond motifs is 1. The van der Waals surface area contributed by atoms with Crippen LogP contribution in [-0.4, -0.2) is 16.6 Å². The Morgan fingerprint density at radius 2 is 1.74 bits per heavy atom. The van der Waals surface area contributed by atoms with Crippen LogP contribution in [0.2, 0.25) is 0 Å². The van der Waals surface area contributed by atoms with Gasteiger partial charge in [-0.2, -0.15) is 8.78 Å². The summed E-state index contributed by atoms with van der Waals surface area (Å²) >= 11 is 0.465. The Morgan fingerprint density at radius 3 is 2.48 bits per heavy atom. The van der Waals surface area contributed by atoms with Gasteiger partial charge in [-0.3, -0.25) is 4.79 Å². The highest BCUT2D eigenvalue weighted by molar-refractivity contribution is 7.99. The van der Waals surface area contributed by atoms with E-state index in [4.69, 9.17) is 0 Å². The van der Waals surface area contributed by atoms with Crippen LogP contribution in [0.1, 0.15) is 10.5 Å². The first kappa shape index (κ1) is 15.4. The molecule has 1 aromatic heterocycles. The summed E-state index contributed by atoms with van der Waals surface area (Å²) in [5.41, 5.74) is 1.57. The number of nitrogens with one attached hydrogen (secondary N) is 1. The van der Waals surface area contributed by atoms with Crippen molar-refractivity contribution in [2.24, 2.45) is 0 Å². The van der Waals surface area contributed by atoms with Crippen LogP contribution in [0, 0.1) is 0 Å². The van der Waals surface area contributed by atoms with E-state index in [2.05, 4.69) is 10.3 Å². The molecule has 0 atom stereocenters. The number of carbonyl (C=O) groups is 1. The lowest BCUT2D eigenvalue weighted by Gasteiger charge is -2.07. The Balaban J connectivity index is 1.74. The zero-order valence-corrected chi connectivity index (χ0v) is 12.7. The van der Waals surface area contributed by atoms with Crippen LogP contribution in [0.15, 0.2) is 65.6 Å². The van der Waals surface area contributed by atoms with Crippen LogP contribution in [0.3, 0.4) is 0 Å². The maximum absolute atomic E-state index is 12.3. The van der Waals surface area contributed by atoms with Crippen molar-refractivity contribution in [1.82, 2.24) is 4.98 Å². The van der Waals surface area contributed by atoms with E-state index in [1.54, 1.807) is 30.3 Å². The number of nitrogens with zero attached hydrogens (tertiary/aromatic N) is 1. The summed E-state index contributed by atoms with van der Waals surface area (Å²) < 4.78 is 24.5. The highest BCUT2D eigenvalue weighted by Crippen LogP contribution is 2.26. The molecule has 1 N–H and O–H groups in total. The Hall–Kier alpha value is -2.47. The summed E-state index contributed by atoms with van der Waals surface area (Å²) in [6, 6.07) is 17.3. The van der Waals surface area contributed by atoms with E-state index in [1.165, 1.54) is 0 Å². The number of anilines is 1. The van der Waals surface area contributed by atoms with Gasteiger partial charge in [0, 0.05) is 16.0 Å². The molecule has 0 aliphatic rings. The van der Waals surface area contributed by atoms with Gasteiger partial charge in [-0.05, 0) is 36.4 Å². The van der Waals surface area contributed by atoms with Crippen LogP contribution in [0.25, 0.3) is 10.9 Å². The highest BCUT2D eigenvalue weighted by Gasteiger charge is 2.09. The fraction of sp³-hybridized carbons (Fsp3) is 0.0588. The molecule has 6 heteroatoms. The van der Waals surface area contributed by atoms with Crippen molar-refractivity contribution in [3.05, 3.63) is 66.4 Å². The van der Waals surface area contributed by atoms with Gasteiger partial charge in [-0.15, -0.1) is 0 Å². The smallest absolute Gasteiger partial charge is 0.288 e. The van der Waals surface area contributed by atoms with Gasteiger partial charge in [0.25, 0.3) is 11.7 Å². The largest absolute Gasteiger partial charge is 0.321 e. The summed E-state index contributed by atoms with van der Waals surface area (Å²) in [5, 5.41) is 3.66. The minimum absolute atomic E-state index is 0.301. The first-order chi connectivity index (χ1) is 11.1. The van der Waals surface area contributed by atoms with Crippen LogP contribution in [0.5, 0.6) is 0 Å². The summed E-state index contributed by atoms with van der Waals surface area (Å²) in [4.78, 5) is 17.0. The topological polar surface area (TPSA) is 42.0 Å².